The largest absolute Gasteiger partial charge is 0.468 e. The standard InChI is InChI=1S/C26H29N3O6/c1-4-35-26(31)24-21(14-13-20(27)17-9-6-5-7-10-17)28-16(2)22(25(30)34-3)23(24)18-11-8-12-19(15-18)29(32)33/h5-12,15,20,22-23H,4,13-14,27H2,1-3H3. The second kappa shape index (κ2) is 11.5. The fraction of sp³-hybridized carbons (Fsp3) is 0.346. The molecule has 0 radical (unpaired) electrons. The molecular formula is C26H29N3O6. The quantitative estimate of drug-likeness (QED) is 0.323. The number of hydrogen-bond acceptors (Lipinski definition) is 8. The Kier molecular flexibility index (Phi) is 8.48. The highest BCUT2D eigenvalue weighted by atomic mass is 16.6. The van der Waals surface area contributed by atoms with Crippen molar-refractivity contribution in [2.24, 2.45) is 16.6 Å². The molecule has 0 aromatic heterocycles. The molecule has 1 heterocycles. The molecule has 0 amide bonds. The van der Waals surface area contributed by atoms with Crippen LogP contribution in [0.2, 0.25) is 0 Å². The Morgan fingerprint density at radius 3 is 2.51 bits per heavy atom. The molecule has 0 spiro atoms. The zero-order valence-electron chi connectivity index (χ0n) is 20.0. The summed E-state index contributed by atoms with van der Waals surface area (Å²) >= 11 is 0. The third-order valence-electron chi connectivity index (χ3n) is 6.03. The molecule has 2 N–H and O–H groups in total. The molecule has 9 nitrogen and oxygen atoms in total. The van der Waals surface area contributed by atoms with Gasteiger partial charge < -0.3 is 15.2 Å². The van der Waals surface area contributed by atoms with Crippen LogP contribution in [0.25, 0.3) is 0 Å². The Bertz CT molecular complexity index is 1160. The van der Waals surface area contributed by atoms with Gasteiger partial charge in [0, 0.05) is 29.8 Å². The number of esters is 2. The first-order valence-electron chi connectivity index (χ1n) is 11.4. The molecule has 184 valence electrons. The second-order valence-electron chi connectivity index (χ2n) is 8.22. The highest BCUT2D eigenvalue weighted by Crippen LogP contribution is 2.42. The molecule has 1 aliphatic heterocycles. The molecule has 0 bridgehead atoms. The summed E-state index contributed by atoms with van der Waals surface area (Å²) in [4.78, 5) is 41.6. The molecule has 0 fully saturated rings. The minimum Gasteiger partial charge on any atom is -0.468 e. The molecule has 1 aliphatic rings. The lowest BCUT2D eigenvalue weighted by Gasteiger charge is -2.32. The summed E-state index contributed by atoms with van der Waals surface area (Å²) in [6, 6.07) is 15.2. The van der Waals surface area contributed by atoms with Crippen LogP contribution in [-0.4, -0.2) is 36.3 Å². The molecule has 3 atom stereocenters. The van der Waals surface area contributed by atoms with E-state index >= 15 is 0 Å². The van der Waals surface area contributed by atoms with E-state index in [1.165, 1.54) is 25.3 Å². The molecule has 0 saturated carbocycles. The van der Waals surface area contributed by atoms with Crippen LogP contribution in [0.1, 0.15) is 49.8 Å². The van der Waals surface area contributed by atoms with Gasteiger partial charge in [0.15, 0.2) is 0 Å². The normalized spacial score (nSPS) is 18.5. The van der Waals surface area contributed by atoms with Crippen LogP contribution in [0, 0.1) is 16.0 Å². The van der Waals surface area contributed by atoms with E-state index in [-0.39, 0.29) is 23.9 Å². The van der Waals surface area contributed by atoms with E-state index < -0.39 is 28.7 Å². The second-order valence-corrected chi connectivity index (χ2v) is 8.22. The summed E-state index contributed by atoms with van der Waals surface area (Å²) in [6.45, 7) is 3.48. The number of carbonyl (C=O) groups excluding carboxylic acids is 2. The smallest absolute Gasteiger partial charge is 0.336 e. The minimum atomic E-state index is -0.937. The number of carbonyl (C=O) groups is 2. The Morgan fingerprint density at radius 2 is 1.89 bits per heavy atom. The van der Waals surface area contributed by atoms with Gasteiger partial charge in [0.05, 0.1) is 29.9 Å². The molecule has 35 heavy (non-hydrogen) atoms. The van der Waals surface area contributed by atoms with Gasteiger partial charge in [-0.15, -0.1) is 0 Å². The summed E-state index contributed by atoms with van der Waals surface area (Å²) in [5.41, 5.74) is 8.70. The average molecular weight is 480 g/mol. The average Bonchev–Trinajstić information content (AvgIpc) is 2.86. The van der Waals surface area contributed by atoms with Crippen molar-refractivity contribution in [2.75, 3.05) is 13.7 Å². The Hall–Kier alpha value is -3.85. The Labute approximate surface area is 203 Å². The van der Waals surface area contributed by atoms with E-state index in [0.29, 0.717) is 29.8 Å². The fourth-order valence-corrected chi connectivity index (χ4v) is 4.36. The number of nitrogens with zero attached hydrogens (tertiary/aromatic N) is 2. The lowest BCUT2D eigenvalue weighted by Crippen LogP contribution is -2.36. The summed E-state index contributed by atoms with van der Waals surface area (Å²) in [7, 11) is 1.25. The van der Waals surface area contributed by atoms with Crippen LogP contribution in [0.4, 0.5) is 5.69 Å². The number of hydrogen-bond donors (Lipinski definition) is 1. The van der Waals surface area contributed by atoms with Gasteiger partial charge in [-0.05, 0) is 37.8 Å². The van der Waals surface area contributed by atoms with Crippen LogP contribution in [-0.2, 0) is 19.1 Å². The number of non-ortho nitro benzene ring substituents is 1. The predicted molar refractivity (Wildman–Crippen MR) is 131 cm³/mol. The van der Waals surface area contributed by atoms with Gasteiger partial charge in [-0.3, -0.25) is 19.9 Å². The summed E-state index contributed by atoms with van der Waals surface area (Å²) in [5.74, 6) is -3.02. The van der Waals surface area contributed by atoms with Crippen molar-refractivity contribution in [2.45, 2.75) is 38.6 Å². The summed E-state index contributed by atoms with van der Waals surface area (Å²) < 4.78 is 10.4. The van der Waals surface area contributed by atoms with Crippen LogP contribution in [0.15, 0.2) is 70.9 Å². The highest BCUT2D eigenvalue weighted by Gasteiger charge is 2.43. The molecular weight excluding hydrogens is 450 g/mol. The van der Waals surface area contributed by atoms with Crippen molar-refractivity contribution >= 4 is 23.3 Å². The first-order valence-corrected chi connectivity index (χ1v) is 11.4. The van der Waals surface area contributed by atoms with Crippen LogP contribution in [0.5, 0.6) is 0 Å². The van der Waals surface area contributed by atoms with Crippen LogP contribution >= 0.6 is 0 Å². The first-order chi connectivity index (χ1) is 16.8. The number of allylic oxidation sites excluding steroid dienone is 1. The maximum Gasteiger partial charge on any atom is 0.336 e. The third-order valence-corrected chi connectivity index (χ3v) is 6.03. The van der Waals surface area contributed by atoms with Gasteiger partial charge in [0.2, 0.25) is 0 Å². The fourth-order valence-electron chi connectivity index (χ4n) is 4.36. The lowest BCUT2D eigenvalue weighted by molar-refractivity contribution is -0.384. The number of nitro groups is 1. The molecule has 3 unspecified atom stereocenters. The molecule has 0 saturated heterocycles. The number of rotatable bonds is 9. The van der Waals surface area contributed by atoms with Gasteiger partial charge in [-0.25, -0.2) is 4.79 Å². The van der Waals surface area contributed by atoms with E-state index in [2.05, 4.69) is 4.99 Å². The topological polar surface area (TPSA) is 134 Å². The van der Waals surface area contributed by atoms with Gasteiger partial charge >= 0.3 is 11.9 Å². The van der Waals surface area contributed by atoms with Crippen molar-refractivity contribution in [1.29, 1.82) is 0 Å². The van der Waals surface area contributed by atoms with E-state index in [0.717, 1.165) is 5.56 Å². The van der Waals surface area contributed by atoms with E-state index in [1.54, 1.807) is 19.9 Å². The van der Waals surface area contributed by atoms with Gasteiger partial charge in [-0.2, -0.15) is 0 Å². The summed E-state index contributed by atoms with van der Waals surface area (Å²) in [6.07, 6.45) is 0.838. The van der Waals surface area contributed by atoms with Crippen molar-refractivity contribution in [1.82, 2.24) is 0 Å². The monoisotopic (exact) mass is 479 g/mol. The van der Waals surface area contributed by atoms with Crippen LogP contribution < -0.4 is 5.73 Å². The maximum atomic E-state index is 13.2. The molecule has 2 aromatic rings. The highest BCUT2D eigenvalue weighted by molar-refractivity contribution is 6.07. The molecule has 9 heteroatoms. The molecule has 2 aromatic carbocycles. The summed E-state index contributed by atoms with van der Waals surface area (Å²) in [5, 5.41) is 11.4. The predicted octanol–water partition coefficient (Wildman–Crippen LogP) is 4.24. The zero-order valence-corrected chi connectivity index (χ0v) is 20.0. The van der Waals surface area contributed by atoms with Crippen molar-refractivity contribution in [3.63, 3.8) is 0 Å². The van der Waals surface area contributed by atoms with E-state index in [4.69, 9.17) is 15.2 Å². The van der Waals surface area contributed by atoms with Crippen LogP contribution in [0.3, 0.4) is 0 Å². The van der Waals surface area contributed by atoms with Crippen molar-refractivity contribution in [3.8, 4) is 0 Å². The lowest BCUT2D eigenvalue weighted by atomic mass is 9.75. The molecule has 0 aliphatic carbocycles. The number of ether oxygens (including phenoxy) is 2. The van der Waals surface area contributed by atoms with E-state index in [9.17, 15) is 19.7 Å². The van der Waals surface area contributed by atoms with Gasteiger partial charge in [-0.1, -0.05) is 42.5 Å². The minimum absolute atomic E-state index is 0.117. The SMILES string of the molecule is CCOC(=O)C1=C(CCC(N)c2ccccc2)N=C(C)C(C(=O)OC)C1c1cccc([N+](=O)[O-])c1. The number of methoxy groups -OCH3 is 1. The Morgan fingerprint density at radius 1 is 1.17 bits per heavy atom. The maximum absolute atomic E-state index is 13.2. The van der Waals surface area contributed by atoms with Gasteiger partial charge in [0.25, 0.3) is 5.69 Å². The number of benzene rings is 2. The Balaban J connectivity index is 2.12. The first kappa shape index (κ1) is 25.8. The van der Waals surface area contributed by atoms with E-state index in [1.807, 2.05) is 30.3 Å². The zero-order chi connectivity index (χ0) is 25.5. The van der Waals surface area contributed by atoms with Crippen molar-refractivity contribution in [3.05, 3.63) is 87.1 Å². The number of aliphatic imine (C=N–C) groups is 1. The number of nitrogens with two attached hydrogens (primary N) is 1. The molecule has 3 rings (SSSR count). The number of nitro benzene ring substituents is 1. The van der Waals surface area contributed by atoms with Crippen molar-refractivity contribution < 1.29 is 24.0 Å². The third kappa shape index (κ3) is 5.81. The van der Waals surface area contributed by atoms with Gasteiger partial charge in [0.1, 0.15) is 5.92 Å².